The van der Waals surface area contributed by atoms with E-state index >= 15 is 0 Å². The third kappa shape index (κ3) is 16.5. The van der Waals surface area contributed by atoms with Gasteiger partial charge in [0.15, 0.2) is 6.10 Å². The van der Waals surface area contributed by atoms with Crippen LogP contribution in [0.4, 0.5) is 8.78 Å². The number of ether oxygens (including phenoxy) is 1. The second-order valence-corrected chi connectivity index (χ2v) is 6.93. The predicted octanol–water partition coefficient (Wildman–Crippen LogP) is 7.23. The molecular formula is C24H38F2O2. The third-order valence-corrected chi connectivity index (χ3v) is 4.25. The van der Waals surface area contributed by atoms with Crippen molar-refractivity contribution >= 4 is 5.97 Å². The summed E-state index contributed by atoms with van der Waals surface area (Å²) in [7, 11) is 0. The molecule has 0 fully saturated rings. The number of esters is 1. The van der Waals surface area contributed by atoms with Crippen molar-refractivity contribution < 1.29 is 18.3 Å². The molecule has 2 nitrogen and oxygen atoms in total. The molecule has 160 valence electrons. The van der Waals surface area contributed by atoms with Gasteiger partial charge in [-0.2, -0.15) is 0 Å². The zero-order valence-corrected chi connectivity index (χ0v) is 17.6. The Bertz CT molecular complexity index is 477. The van der Waals surface area contributed by atoms with Gasteiger partial charge in [-0.05, 0) is 44.9 Å². The molecule has 0 N–H and O–H groups in total. The highest BCUT2D eigenvalue weighted by Crippen LogP contribution is 2.11. The number of hydrogen-bond donors (Lipinski definition) is 0. The Hall–Kier alpha value is -1.71. The summed E-state index contributed by atoms with van der Waals surface area (Å²) in [5, 5.41) is 0. The molecule has 0 aliphatic rings. The van der Waals surface area contributed by atoms with Gasteiger partial charge in [-0.3, -0.25) is 4.79 Å². The monoisotopic (exact) mass is 396 g/mol. The number of halogens is 2. The first kappa shape index (κ1) is 26.3. The van der Waals surface area contributed by atoms with E-state index < -0.39 is 25.4 Å². The number of carbonyl (C=O) groups excluding carboxylic acids is 1. The van der Waals surface area contributed by atoms with Crippen LogP contribution in [0.15, 0.2) is 48.6 Å². The lowest BCUT2D eigenvalue weighted by Crippen LogP contribution is -2.25. The van der Waals surface area contributed by atoms with E-state index in [0.717, 1.165) is 25.7 Å². The molecule has 0 aromatic heterocycles. The predicted molar refractivity (Wildman–Crippen MR) is 115 cm³/mol. The molecule has 0 spiro atoms. The largest absolute Gasteiger partial charge is 0.457 e. The maximum Gasteiger partial charge on any atom is 0.309 e. The molecule has 0 aliphatic carbocycles. The van der Waals surface area contributed by atoms with E-state index in [0.29, 0.717) is 6.42 Å². The zero-order chi connectivity index (χ0) is 20.9. The molecule has 0 saturated heterocycles. The van der Waals surface area contributed by atoms with Gasteiger partial charge in [-0.25, -0.2) is 8.78 Å². The Morgan fingerprint density at radius 3 is 1.82 bits per heavy atom. The smallest absolute Gasteiger partial charge is 0.309 e. The average Bonchev–Trinajstić information content (AvgIpc) is 2.71. The molecule has 0 unspecified atom stereocenters. The minimum Gasteiger partial charge on any atom is -0.457 e. The first-order chi connectivity index (χ1) is 13.7. The lowest BCUT2D eigenvalue weighted by atomic mass is 10.1. The van der Waals surface area contributed by atoms with E-state index in [2.05, 4.69) is 49.5 Å². The van der Waals surface area contributed by atoms with Crippen molar-refractivity contribution in [1.29, 1.82) is 0 Å². The van der Waals surface area contributed by atoms with Crippen LogP contribution in [0, 0.1) is 5.92 Å². The lowest BCUT2D eigenvalue weighted by Gasteiger charge is -2.14. The van der Waals surface area contributed by atoms with Crippen LogP contribution >= 0.6 is 0 Å². The van der Waals surface area contributed by atoms with Crippen molar-refractivity contribution in [2.45, 2.75) is 77.7 Å². The second kappa shape index (κ2) is 20.0. The molecule has 0 radical (unpaired) electrons. The molecular weight excluding hydrogens is 358 g/mol. The Morgan fingerprint density at radius 1 is 0.821 bits per heavy atom. The summed E-state index contributed by atoms with van der Waals surface area (Å²) in [5.74, 6) is -0.886. The number of unbranched alkanes of at least 4 members (excludes halogenated alkanes) is 3. The van der Waals surface area contributed by atoms with E-state index in [9.17, 15) is 13.6 Å². The molecule has 28 heavy (non-hydrogen) atoms. The molecule has 0 heterocycles. The van der Waals surface area contributed by atoms with E-state index in [1.54, 1.807) is 6.92 Å². The maximum atomic E-state index is 12.3. The molecule has 0 aliphatic heterocycles. The average molecular weight is 397 g/mol. The van der Waals surface area contributed by atoms with E-state index in [1.165, 1.54) is 25.7 Å². The first-order valence-electron chi connectivity index (χ1n) is 10.6. The van der Waals surface area contributed by atoms with Crippen LogP contribution in [-0.4, -0.2) is 25.4 Å². The van der Waals surface area contributed by atoms with Gasteiger partial charge >= 0.3 is 5.97 Å². The minimum absolute atomic E-state index is 0.355. The zero-order valence-electron chi connectivity index (χ0n) is 17.6. The van der Waals surface area contributed by atoms with E-state index in [-0.39, 0.29) is 5.92 Å². The number of allylic oxidation sites excluding steroid dienone is 8. The summed E-state index contributed by atoms with van der Waals surface area (Å²) in [4.78, 5) is 11.7. The fraction of sp³-hybridized carbons (Fsp3) is 0.625. The summed E-state index contributed by atoms with van der Waals surface area (Å²) < 4.78 is 29.5. The summed E-state index contributed by atoms with van der Waals surface area (Å²) in [5.41, 5.74) is 0. The van der Waals surface area contributed by atoms with Crippen LogP contribution in [0.1, 0.15) is 71.6 Å². The summed E-state index contributed by atoms with van der Waals surface area (Å²) in [6.45, 7) is 1.98. The molecule has 0 aromatic rings. The minimum atomic E-state index is -1.26. The maximum absolute atomic E-state index is 12.3. The van der Waals surface area contributed by atoms with Gasteiger partial charge in [0.05, 0.1) is 5.92 Å². The van der Waals surface area contributed by atoms with Crippen LogP contribution in [0.25, 0.3) is 0 Å². The number of hydrogen-bond acceptors (Lipinski definition) is 2. The molecule has 0 bridgehead atoms. The summed E-state index contributed by atoms with van der Waals surface area (Å²) in [6, 6.07) is 0. The van der Waals surface area contributed by atoms with Gasteiger partial charge < -0.3 is 4.74 Å². The quantitative estimate of drug-likeness (QED) is 0.147. The Morgan fingerprint density at radius 2 is 1.32 bits per heavy atom. The molecule has 0 saturated carbocycles. The highest BCUT2D eigenvalue weighted by molar-refractivity contribution is 5.72. The van der Waals surface area contributed by atoms with Gasteiger partial charge in [-0.1, -0.05) is 75.3 Å². The Balaban J connectivity index is 3.70. The highest BCUT2D eigenvalue weighted by Gasteiger charge is 2.19. The van der Waals surface area contributed by atoms with E-state index in [4.69, 9.17) is 4.74 Å². The highest BCUT2D eigenvalue weighted by atomic mass is 19.1. The molecule has 0 rings (SSSR count). The van der Waals surface area contributed by atoms with Crippen LogP contribution in [0.5, 0.6) is 0 Å². The van der Waals surface area contributed by atoms with E-state index in [1.807, 2.05) is 6.08 Å². The lowest BCUT2D eigenvalue weighted by molar-refractivity contribution is -0.155. The van der Waals surface area contributed by atoms with Gasteiger partial charge in [0.1, 0.15) is 13.3 Å². The normalized spacial score (nSPS) is 13.6. The van der Waals surface area contributed by atoms with Crippen molar-refractivity contribution in [2.24, 2.45) is 5.92 Å². The Labute approximate surface area is 170 Å². The van der Waals surface area contributed by atoms with Crippen molar-refractivity contribution in [2.75, 3.05) is 13.3 Å². The molecule has 1 atom stereocenters. The van der Waals surface area contributed by atoms with Crippen molar-refractivity contribution in [3.63, 3.8) is 0 Å². The summed E-state index contributed by atoms with van der Waals surface area (Å²) >= 11 is 0. The molecule has 0 aromatic carbocycles. The van der Waals surface area contributed by atoms with Crippen LogP contribution in [-0.2, 0) is 9.53 Å². The number of alkyl halides is 2. The fourth-order valence-corrected chi connectivity index (χ4v) is 2.41. The van der Waals surface area contributed by atoms with Crippen molar-refractivity contribution in [3.8, 4) is 0 Å². The van der Waals surface area contributed by atoms with Gasteiger partial charge in [0.2, 0.25) is 0 Å². The molecule has 0 amide bonds. The number of rotatable bonds is 17. The standard InChI is InChI=1S/C24H38F2O2/c1-3-4-5-6-7-8-9-10-11-12-13-14-15-16-17-18-19-22(2)24(27)28-23(20-25)21-26/h7-8,10-11,13-14,16-17,22-23H,3-6,9,12,15,18-21H2,1-2H3/b8-7-,11-10-,14-13-,17-16-/t22-/m1/s1. The Kier molecular flexibility index (Phi) is 18.8. The van der Waals surface area contributed by atoms with Crippen molar-refractivity contribution in [1.82, 2.24) is 0 Å². The molecule has 4 heteroatoms. The van der Waals surface area contributed by atoms with Crippen LogP contribution < -0.4 is 0 Å². The third-order valence-electron chi connectivity index (χ3n) is 4.25. The van der Waals surface area contributed by atoms with Gasteiger partial charge in [0.25, 0.3) is 0 Å². The number of carbonyl (C=O) groups is 1. The second-order valence-electron chi connectivity index (χ2n) is 6.93. The first-order valence-corrected chi connectivity index (χ1v) is 10.6. The van der Waals surface area contributed by atoms with Crippen LogP contribution in [0.2, 0.25) is 0 Å². The summed E-state index contributed by atoms with van der Waals surface area (Å²) in [6.07, 6.45) is 25.1. The van der Waals surface area contributed by atoms with Crippen molar-refractivity contribution in [3.05, 3.63) is 48.6 Å². The van der Waals surface area contributed by atoms with Gasteiger partial charge in [0, 0.05) is 0 Å². The topological polar surface area (TPSA) is 26.3 Å². The van der Waals surface area contributed by atoms with Crippen LogP contribution in [0.3, 0.4) is 0 Å². The SMILES string of the molecule is CCCCC/C=C\C/C=C\C/C=C\C/C=C\CC[C@@H](C)C(=O)OC(CF)CF. The van der Waals surface area contributed by atoms with Gasteiger partial charge in [-0.15, -0.1) is 0 Å². The fourth-order valence-electron chi connectivity index (χ4n) is 2.41.